The Hall–Kier alpha value is -1.06. The summed E-state index contributed by atoms with van der Waals surface area (Å²) >= 11 is 0. The predicted octanol–water partition coefficient (Wildman–Crippen LogP) is 0.406. The lowest BCUT2D eigenvalue weighted by atomic mass is 9.95. The van der Waals surface area contributed by atoms with E-state index >= 15 is 0 Å². The largest absolute Gasteiger partial charge is 0.508 e. The van der Waals surface area contributed by atoms with Crippen LogP contribution in [0, 0.1) is 0 Å². The van der Waals surface area contributed by atoms with Gasteiger partial charge in [0.25, 0.3) is 0 Å². The number of rotatable bonds is 1. The van der Waals surface area contributed by atoms with Crippen LogP contribution in [0.2, 0.25) is 0 Å². The second-order valence-corrected chi connectivity index (χ2v) is 3.52. The van der Waals surface area contributed by atoms with Crippen molar-refractivity contribution in [2.75, 3.05) is 13.1 Å². The number of aromatic hydroxyl groups is 1. The minimum absolute atomic E-state index is 0.168. The molecule has 2 unspecified atom stereocenters. The van der Waals surface area contributed by atoms with Gasteiger partial charge in [0.2, 0.25) is 0 Å². The van der Waals surface area contributed by atoms with E-state index in [4.69, 9.17) is 5.73 Å². The van der Waals surface area contributed by atoms with Crippen LogP contribution in [0.3, 0.4) is 0 Å². The van der Waals surface area contributed by atoms with Crippen LogP contribution in [0.1, 0.15) is 11.5 Å². The van der Waals surface area contributed by atoms with Crippen molar-refractivity contribution in [3.05, 3.63) is 29.8 Å². The number of phenols is 1. The van der Waals surface area contributed by atoms with Gasteiger partial charge in [0, 0.05) is 25.0 Å². The fourth-order valence-corrected chi connectivity index (χ4v) is 1.82. The summed E-state index contributed by atoms with van der Waals surface area (Å²) in [6.45, 7) is 1.77. The van der Waals surface area contributed by atoms with E-state index in [9.17, 15) is 5.11 Å². The lowest BCUT2D eigenvalue weighted by Crippen LogP contribution is -2.27. The number of hydrogen-bond donors (Lipinski definition) is 3. The van der Waals surface area contributed by atoms with Crippen LogP contribution >= 0.6 is 0 Å². The molecule has 0 amide bonds. The van der Waals surface area contributed by atoms with Crippen molar-refractivity contribution < 1.29 is 5.11 Å². The average Bonchev–Trinajstić information content (AvgIpc) is 2.51. The highest BCUT2D eigenvalue weighted by atomic mass is 16.3. The summed E-state index contributed by atoms with van der Waals surface area (Å²) in [6.07, 6.45) is 0. The fraction of sp³-hybridized carbons (Fsp3) is 0.400. The molecule has 2 atom stereocenters. The summed E-state index contributed by atoms with van der Waals surface area (Å²) in [5.41, 5.74) is 7.04. The number of phenolic OH excluding ortho intramolecular Hbond substituents is 1. The Labute approximate surface area is 77.6 Å². The van der Waals surface area contributed by atoms with Gasteiger partial charge in [-0.15, -0.1) is 0 Å². The third kappa shape index (κ3) is 1.66. The van der Waals surface area contributed by atoms with Crippen LogP contribution in [0.25, 0.3) is 0 Å². The molecule has 3 heteroatoms. The first-order valence-corrected chi connectivity index (χ1v) is 4.52. The van der Waals surface area contributed by atoms with E-state index in [0.717, 1.165) is 18.7 Å². The topological polar surface area (TPSA) is 58.3 Å². The lowest BCUT2D eigenvalue weighted by Gasteiger charge is -2.14. The van der Waals surface area contributed by atoms with Gasteiger partial charge >= 0.3 is 0 Å². The Balaban J connectivity index is 2.24. The average molecular weight is 178 g/mol. The Morgan fingerprint density at radius 3 is 2.85 bits per heavy atom. The normalized spacial score (nSPS) is 27.8. The molecule has 0 saturated carbocycles. The van der Waals surface area contributed by atoms with Crippen LogP contribution in [-0.4, -0.2) is 24.2 Å². The molecular weight excluding hydrogens is 164 g/mol. The van der Waals surface area contributed by atoms with E-state index < -0.39 is 0 Å². The van der Waals surface area contributed by atoms with Gasteiger partial charge < -0.3 is 16.2 Å². The van der Waals surface area contributed by atoms with Crippen molar-refractivity contribution in [2.24, 2.45) is 5.73 Å². The van der Waals surface area contributed by atoms with Crippen molar-refractivity contribution in [2.45, 2.75) is 12.0 Å². The van der Waals surface area contributed by atoms with E-state index in [0.29, 0.717) is 11.7 Å². The maximum Gasteiger partial charge on any atom is 0.115 e. The highest BCUT2D eigenvalue weighted by Crippen LogP contribution is 2.24. The van der Waals surface area contributed by atoms with Crippen LogP contribution < -0.4 is 11.1 Å². The van der Waals surface area contributed by atoms with E-state index in [1.807, 2.05) is 12.1 Å². The molecule has 1 aliphatic heterocycles. The van der Waals surface area contributed by atoms with E-state index in [-0.39, 0.29) is 6.04 Å². The molecular formula is C10H14N2O. The van der Waals surface area contributed by atoms with Crippen molar-refractivity contribution >= 4 is 0 Å². The monoisotopic (exact) mass is 178 g/mol. The molecule has 0 aliphatic carbocycles. The first-order chi connectivity index (χ1) is 6.27. The zero-order chi connectivity index (χ0) is 9.26. The highest BCUT2D eigenvalue weighted by Gasteiger charge is 2.24. The zero-order valence-electron chi connectivity index (χ0n) is 7.40. The predicted molar refractivity (Wildman–Crippen MR) is 51.7 cm³/mol. The molecule has 13 heavy (non-hydrogen) atoms. The summed E-state index contributed by atoms with van der Waals surface area (Å²) in [6, 6.07) is 7.50. The SMILES string of the molecule is NC1CNCC1c1cccc(O)c1. The van der Waals surface area contributed by atoms with E-state index in [1.165, 1.54) is 0 Å². The fourth-order valence-electron chi connectivity index (χ4n) is 1.82. The van der Waals surface area contributed by atoms with Crippen molar-refractivity contribution in [1.29, 1.82) is 0 Å². The maximum atomic E-state index is 9.30. The van der Waals surface area contributed by atoms with Gasteiger partial charge in [-0.25, -0.2) is 0 Å². The Morgan fingerprint density at radius 1 is 1.38 bits per heavy atom. The van der Waals surface area contributed by atoms with Gasteiger partial charge in [-0.1, -0.05) is 12.1 Å². The second-order valence-electron chi connectivity index (χ2n) is 3.52. The van der Waals surface area contributed by atoms with Gasteiger partial charge in [-0.3, -0.25) is 0 Å². The number of nitrogens with one attached hydrogen (secondary N) is 1. The molecule has 2 rings (SSSR count). The molecule has 1 aromatic rings. The summed E-state index contributed by atoms with van der Waals surface area (Å²) in [5.74, 6) is 0.656. The lowest BCUT2D eigenvalue weighted by molar-refractivity contribution is 0.473. The maximum absolute atomic E-state index is 9.30. The van der Waals surface area contributed by atoms with Crippen LogP contribution in [0.5, 0.6) is 5.75 Å². The second kappa shape index (κ2) is 3.36. The first kappa shape index (κ1) is 8.53. The van der Waals surface area contributed by atoms with Crippen LogP contribution in [0.15, 0.2) is 24.3 Å². The third-order valence-electron chi connectivity index (χ3n) is 2.56. The Bertz CT molecular complexity index is 301. The molecule has 0 spiro atoms. The van der Waals surface area contributed by atoms with Gasteiger partial charge in [0.15, 0.2) is 0 Å². The molecule has 0 aromatic heterocycles. The van der Waals surface area contributed by atoms with Crippen molar-refractivity contribution in [1.82, 2.24) is 5.32 Å². The summed E-state index contributed by atoms with van der Waals surface area (Å²) in [5, 5.41) is 12.5. The standard InChI is InChI=1S/C10H14N2O/c11-10-6-12-5-9(10)7-2-1-3-8(13)4-7/h1-4,9-10,12-13H,5-6,11H2. The molecule has 70 valence electrons. The van der Waals surface area contributed by atoms with Gasteiger partial charge in [0.05, 0.1) is 0 Å². The summed E-state index contributed by atoms with van der Waals surface area (Å²) < 4.78 is 0. The van der Waals surface area contributed by atoms with Crippen LogP contribution in [0.4, 0.5) is 0 Å². The van der Waals surface area contributed by atoms with Crippen LogP contribution in [-0.2, 0) is 0 Å². The molecule has 1 fully saturated rings. The molecule has 4 N–H and O–H groups in total. The Morgan fingerprint density at radius 2 is 2.23 bits per heavy atom. The zero-order valence-corrected chi connectivity index (χ0v) is 7.40. The van der Waals surface area contributed by atoms with Gasteiger partial charge in [-0.2, -0.15) is 0 Å². The van der Waals surface area contributed by atoms with Gasteiger partial charge in [0.1, 0.15) is 5.75 Å². The molecule has 1 saturated heterocycles. The molecule has 0 bridgehead atoms. The quantitative estimate of drug-likeness (QED) is 0.583. The highest BCUT2D eigenvalue weighted by molar-refractivity contribution is 5.31. The minimum atomic E-state index is 0.168. The minimum Gasteiger partial charge on any atom is -0.508 e. The number of nitrogens with two attached hydrogens (primary N) is 1. The number of benzene rings is 1. The van der Waals surface area contributed by atoms with Gasteiger partial charge in [-0.05, 0) is 17.7 Å². The van der Waals surface area contributed by atoms with Crippen molar-refractivity contribution in [3.8, 4) is 5.75 Å². The summed E-state index contributed by atoms with van der Waals surface area (Å²) in [4.78, 5) is 0. The first-order valence-electron chi connectivity index (χ1n) is 4.52. The molecule has 1 aliphatic rings. The third-order valence-corrected chi connectivity index (χ3v) is 2.56. The smallest absolute Gasteiger partial charge is 0.115 e. The molecule has 1 aromatic carbocycles. The summed E-state index contributed by atoms with van der Waals surface area (Å²) in [7, 11) is 0. The van der Waals surface area contributed by atoms with E-state index in [1.54, 1.807) is 12.1 Å². The van der Waals surface area contributed by atoms with E-state index in [2.05, 4.69) is 5.32 Å². The van der Waals surface area contributed by atoms with Crippen molar-refractivity contribution in [3.63, 3.8) is 0 Å². The molecule has 3 nitrogen and oxygen atoms in total. The molecule has 0 radical (unpaired) electrons. The molecule has 1 heterocycles. The number of hydrogen-bond acceptors (Lipinski definition) is 3. The Kier molecular flexibility index (Phi) is 2.20.